The van der Waals surface area contributed by atoms with Crippen LogP contribution in [-0.4, -0.2) is 42.7 Å². The van der Waals surface area contributed by atoms with Gasteiger partial charge in [0.1, 0.15) is 0 Å². The summed E-state index contributed by atoms with van der Waals surface area (Å²) in [5, 5.41) is 10.1. The molecule has 1 aromatic carbocycles. The monoisotopic (exact) mass is 369 g/mol. The van der Waals surface area contributed by atoms with Crippen molar-refractivity contribution in [2.24, 2.45) is 5.92 Å². The van der Waals surface area contributed by atoms with Gasteiger partial charge >= 0.3 is 0 Å². The van der Waals surface area contributed by atoms with Gasteiger partial charge in [0.25, 0.3) is 0 Å². The molecule has 1 heterocycles. The maximum absolute atomic E-state index is 12.9. The molecule has 5 heteroatoms. The number of hydrogen-bond acceptors (Lipinski definition) is 4. The van der Waals surface area contributed by atoms with Gasteiger partial charge in [-0.15, -0.1) is 0 Å². The molecule has 5 nitrogen and oxygen atoms in total. The Bertz CT molecular complexity index is 807. The van der Waals surface area contributed by atoms with Crippen LogP contribution in [0.5, 0.6) is 11.5 Å². The van der Waals surface area contributed by atoms with Gasteiger partial charge in [-0.05, 0) is 61.4 Å². The van der Waals surface area contributed by atoms with Gasteiger partial charge in [-0.2, -0.15) is 0 Å². The normalized spacial score (nSPS) is 22.2. The van der Waals surface area contributed by atoms with Gasteiger partial charge < -0.3 is 19.5 Å². The van der Waals surface area contributed by atoms with Crippen molar-refractivity contribution in [2.45, 2.75) is 44.6 Å². The number of carbonyl (C=O) groups excluding carboxylic acids is 1. The van der Waals surface area contributed by atoms with Crippen LogP contribution in [0.3, 0.4) is 0 Å². The molecule has 0 aromatic heterocycles. The van der Waals surface area contributed by atoms with Crippen LogP contribution in [0.25, 0.3) is 0 Å². The Kier molecular flexibility index (Phi) is 4.85. The van der Waals surface area contributed by atoms with E-state index in [-0.39, 0.29) is 17.7 Å². The average molecular weight is 369 g/mol. The lowest BCUT2D eigenvalue weighted by Gasteiger charge is -2.41. The second-order valence-electron chi connectivity index (χ2n) is 7.67. The van der Waals surface area contributed by atoms with E-state index in [4.69, 9.17) is 9.47 Å². The topological polar surface area (TPSA) is 59.0 Å². The molecule has 1 amide bonds. The van der Waals surface area contributed by atoms with Gasteiger partial charge in [0.05, 0.1) is 26.0 Å². The molecule has 1 saturated carbocycles. The Hall–Kier alpha value is -2.43. The minimum Gasteiger partial charge on any atom is -0.504 e. The summed E-state index contributed by atoms with van der Waals surface area (Å²) >= 11 is 0. The summed E-state index contributed by atoms with van der Waals surface area (Å²) in [6, 6.07) is 5.59. The first-order valence-electron chi connectivity index (χ1n) is 9.71. The molecule has 0 radical (unpaired) electrons. The molecule has 1 atom stereocenters. The van der Waals surface area contributed by atoms with Crippen LogP contribution in [0.15, 0.2) is 41.2 Å². The fourth-order valence-electron chi connectivity index (χ4n) is 4.29. The smallest absolute Gasteiger partial charge is 0.226 e. The van der Waals surface area contributed by atoms with Crippen molar-refractivity contribution in [2.75, 3.05) is 20.8 Å². The molecule has 27 heavy (non-hydrogen) atoms. The summed E-state index contributed by atoms with van der Waals surface area (Å²) in [5.41, 5.74) is 3.78. The van der Waals surface area contributed by atoms with E-state index in [1.54, 1.807) is 26.4 Å². The van der Waals surface area contributed by atoms with Gasteiger partial charge in [0, 0.05) is 18.9 Å². The van der Waals surface area contributed by atoms with E-state index in [2.05, 4.69) is 11.0 Å². The fourth-order valence-corrected chi connectivity index (χ4v) is 4.29. The molecular weight excluding hydrogens is 342 g/mol. The molecule has 1 aromatic rings. The van der Waals surface area contributed by atoms with Gasteiger partial charge in [0.2, 0.25) is 5.91 Å². The van der Waals surface area contributed by atoms with Crippen LogP contribution >= 0.6 is 0 Å². The van der Waals surface area contributed by atoms with Crippen molar-refractivity contribution in [1.29, 1.82) is 0 Å². The summed E-state index contributed by atoms with van der Waals surface area (Å²) < 4.78 is 10.6. The quantitative estimate of drug-likeness (QED) is 0.806. The number of nitrogens with zero attached hydrogens (tertiary/aromatic N) is 1. The second kappa shape index (κ2) is 7.29. The highest BCUT2D eigenvalue weighted by Gasteiger charge is 2.40. The van der Waals surface area contributed by atoms with Crippen molar-refractivity contribution in [1.82, 2.24) is 4.90 Å². The zero-order valence-electron chi connectivity index (χ0n) is 16.0. The summed E-state index contributed by atoms with van der Waals surface area (Å²) in [6.07, 6.45) is 7.50. The number of amides is 1. The van der Waals surface area contributed by atoms with E-state index in [0.29, 0.717) is 18.1 Å². The fraction of sp³-hybridized carbons (Fsp3) is 0.500. The van der Waals surface area contributed by atoms with E-state index in [1.807, 2.05) is 6.07 Å². The molecule has 0 bridgehead atoms. The molecule has 1 unspecified atom stereocenters. The van der Waals surface area contributed by atoms with Crippen molar-refractivity contribution in [3.63, 3.8) is 0 Å². The Morgan fingerprint density at radius 1 is 1.26 bits per heavy atom. The second-order valence-corrected chi connectivity index (χ2v) is 7.67. The lowest BCUT2D eigenvalue weighted by Crippen LogP contribution is -2.47. The highest BCUT2D eigenvalue weighted by atomic mass is 16.5. The minimum absolute atomic E-state index is 0.0595. The number of benzene rings is 1. The number of phenols is 1. The summed E-state index contributed by atoms with van der Waals surface area (Å²) in [5.74, 6) is 2.15. The first-order chi connectivity index (χ1) is 13.1. The molecule has 144 valence electrons. The molecule has 2 aliphatic carbocycles. The zero-order valence-corrected chi connectivity index (χ0v) is 16.0. The number of allylic oxidation sites excluding steroid dienone is 2. The zero-order chi connectivity index (χ0) is 19.0. The summed E-state index contributed by atoms with van der Waals surface area (Å²) in [7, 11) is 3.27. The summed E-state index contributed by atoms with van der Waals surface area (Å²) in [4.78, 5) is 15.0. The average Bonchev–Trinajstić information content (AvgIpc) is 3.52. The molecule has 3 aliphatic rings. The summed E-state index contributed by atoms with van der Waals surface area (Å²) in [6.45, 7) is 0.776. The molecule has 4 rings (SSSR count). The van der Waals surface area contributed by atoms with Crippen LogP contribution in [0, 0.1) is 5.92 Å². The number of hydrogen-bond donors (Lipinski definition) is 1. The number of methoxy groups -OCH3 is 2. The predicted molar refractivity (Wildman–Crippen MR) is 103 cm³/mol. The van der Waals surface area contributed by atoms with E-state index in [0.717, 1.165) is 50.0 Å². The molecule has 1 N–H and O–H groups in total. The SMILES string of the molecule is COC1=CCC2=C(CCN(C(=O)C3CC3)C2Cc2ccc(OC)c(O)c2)C1. The lowest BCUT2D eigenvalue weighted by atomic mass is 9.82. The van der Waals surface area contributed by atoms with Crippen molar-refractivity contribution < 1.29 is 19.4 Å². The van der Waals surface area contributed by atoms with E-state index in [9.17, 15) is 9.90 Å². The third-order valence-corrected chi connectivity index (χ3v) is 5.97. The van der Waals surface area contributed by atoms with Crippen molar-refractivity contribution in [3.8, 4) is 11.5 Å². The van der Waals surface area contributed by atoms with Crippen LogP contribution in [0.1, 0.15) is 37.7 Å². The number of ether oxygens (including phenoxy) is 2. The molecule has 0 spiro atoms. The molecule has 1 fully saturated rings. The third-order valence-electron chi connectivity index (χ3n) is 5.97. The first-order valence-corrected chi connectivity index (χ1v) is 9.71. The largest absolute Gasteiger partial charge is 0.504 e. The maximum atomic E-state index is 12.9. The van der Waals surface area contributed by atoms with Crippen LogP contribution in [0.4, 0.5) is 0 Å². The van der Waals surface area contributed by atoms with Gasteiger partial charge in [-0.25, -0.2) is 0 Å². The Morgan fingerprint density at radius 2 is 2.07 bits per heavy atom. The number of phenolic OH excluding ortho intramolecular Hbond substituents is 1. The van der Waals surface area contributed by atoms with Gasteiger partial charge in [-0.3, -0.25) is 4.79 Å². The third kappa shape index (κ3) is 3.55. The molecule has 0 saturated heterocycles. The van der Waals surface area contributed by atoms with Gasteiger partial charge in [-0.1, -0.05) is 11.6 Å². The Balaban J connectivity index is 1.63. The Labute approximate surface area is 160 Å². The lowest BCUT2D eigenvalue weighted by molar-refractivity contribution is -0.134. The van der Waals surface area contributed by atoms with Crippen LogP contribution in [-0.2, 0) is 16.0 Å². The van der Waals surface area contributed by atoms with Crippen LogP contribution in [0.2, 0.25) is 0 Å². The van der Waals surface area contributed by atoms with Crippen molar-refractivity contribution in [3.05, 3.63) is 46.7 Å². The highest BCUT2D eigenvalue weighted by Crippen LogP contribution is 2.40. The van der Waals surface area contributed by atoms with Crippen molar-refractivity contribution >= 4 is 5.91 Å². The Morgan fingerprint density at radius 3 is 2.74 bits per heavy atom. The standard InChI is InChI=1S/C22H27NO4/c1-26-17-6-7-18-16(13-17)9-10-23(22(25)15-4-5-15)19(18)11-14-3-8-21(27-2)20(24)12-14/h3,6,8,12,15,19,24H,4-5,7,9-11,13H2,1-2H3. The molecule has 1 aliphatic heterocycles. The minimum atomic E-state index is 0.0595. The van der Waals surface area contributed by atoms with E-state index >= 15 is 0 Å². The maximum Gasteiger partial charge on any atom is 0.226 e. The molecular formula is C22H27NO4. The number of aromatic hydroxyl groups is 1. The number of carbonyl (C=O) groups is 1. The first kappa shape index (κ1) is 18.0. The van der Waals surface area contributed by atoms with E-state index in [1.165, 1.54) is 11.1 Å². The predicted octanol–water partition coefficient (Wildman–Crippen LogP) is 3.57. The van der Waals surface area contributed by atoms with Gasteiger partial charge in [0.15, 0.2) is 11.5 Å². The van der Waals surface area contributed by atoms with E-state index < -0.39 is 0 Å². The van der Waals surface area contributed by atoms with Crippen LogP contribution < -0.4 is 4.74 Å². The number of rotatable bonds is 5. The highest BCUT2D eigenvalue weighted by molar-refractivity contribution is 5.82.